The molecule has 2 heterocycles. The van der Waals surface area contributed by atoms with E-state index in [1.807, 2.05) is 9.80 Å². The van der Waals surface area contributed by atoms with E-state index in [0.29, 0.717) is 13.1 Å². The van der Waals surface area contributed by atoms with E-state index in [4.69, 9.17) is 5.73 Å². The molecule has 1 aromatic carbocycles. The molecule has 6 rings (SSSR count). The van der Waals surface area contributed by atoms with Crippen molar-refractivity contribution in [2.75, 3.05) is 51.2 Å². The van der Waals surface area contributed by atoms with E-state index >= 15 is 4.39 Å². The molecule has 14 nitrogen and oxygen atoms in total. The molecule has 0 aromatic heterocycles. The van der Waals surface area contributed by atoms with Crippen LogP contribution in [0.3, 0.4) is 0 Å². The van der Waals surface area contributed by atoms with E-state index in [1.165, 1.54) is 7.05 Å². The molecule has 47 heavy (non-hydrogen) atoms. The third-order valence-corrected chi connectivity index (χ3v) is 10.3. The number of carbonyl (C=O) groups excluding carboxylic acids is 5. The van der Waals surface area contributed by atoms with Crippen LogP contribution in [0, 0.1) is 17.7 Å². The molecule has 0 spiro atoms. The number of likely N-dealkylation sites (tertiary alicyclic amines) is 2. The van der Waals surface area contributed by atoms with Crippen molar-refractivity contribution in [1.29, 1.82) is 0 Å². The summed E-state index contributed by atoms with van der Waals surface area (Å²) in [5, 5.41) is 48.3. The van der Waals surface area contributed by atoms with Gasteiger partial charge in [-0.15, -0.1) is 0 Å². The number of amides is 3. The number of nitrogens with two attached hydrogens (primary N) is 1. The molecule has 3 fully saturated rings. The van der Waals surface area contributed by atoms with Crippen LogP contribution < -0.4 is 16.0 Å². The number of phenols is 1. The lowest BCUT2D eigenvalue weighted by atomic mass is 9.57. The van der Waals surface area contributed by atoms with Gasteiger partial charge in [0, 0.05) is 30.2 Å². The number of benzene rings is 1. The highest BCUT2D eigenvalue weighted by Gasteiger charge is 2.64. The molecular weight excluding hydrogens is 617 g/mol. The van der Waals surface area contributed by atoms with Crippen molar-refractivity contribution in [3.63, 3.8) is 0 Å². The van der Waals surface area contributed by atoms with Gasteiger partial charge in [-0.3, -0.25) is 33.8 Å². The van der Waals surface area contributed by atoms with Crippen molar-refractivity contribution in [3.8, 4) is 5.75 Å². The number of primary amides is 1. The Morgan fingerprint density at radius 1 is 1.04 bits per heavy atom. The van der Waals surface area contributed by atoms with E-state index < -0.39 is 92.6 Å². The van der Waals surface area contributed by atoms with Gasteiger partial charge < -0.3 is 36.4 Å². The number of hydrogen-bond donors (Lipinski definition) is 6. The van der Waals surface area contributed by atoms with Crippen LogP contribution in [0.15, 0.2) is 23.0 Å². The number of nitrogens with zero attached hydrogens (tertiary/aromatic N) is 3. The van der Waals surface area contributed by atoms with Gasteiger partial charge in [0.2, 0.25) is 17.6 Å². The first-order valence-electron chi connectivity index (χ1n) is 15.8. The number of phenolic OH excluding ortho intramolecular Hbond substituents is 1. The van der Waals surface area contributed by atoms with E-state index in [0.717, 1.165) is 49.7 Å². The second-order valence-corrected chi connectivity index (χ2v) is 13.1. The molecule has 4 atom stereocenters. The maximum Gasteiger partial charge on any atom is 0.255 e. The van der Waals surface area contributed by atoms with Gasteiger partial charge in [0.1, 0.15) is 22.9 Å². The number of rotatable bonds is 7. The van der Waals surface area contributed by atoms with E-state index in [9.17, 15) is 44.4 Å². The van der Waals surface area contributed by atoms with Crippen LogP contribution in [-0.2, 0) is 30.4 Å². The molecular formula is C32H38FN5O9. The monoisotopic (exact) mass is 655 g/mol. The summed E-state index contributed by atoms with van der Waals surface area (Å²) in [6.45, 7) is 2.69. The number of Topliss-reactive ketones (excluding diaryl/α,β-unsaturated/α-hetero) is 2. The Kier molecular flexibility index (Phi) is 8.34. The summed E-state index contributed by atoms with van der Waals surface area (Å²) in [5.74, 6) is -11.2. The Labute approximate surface area is 269 Å². The lowest BCUT2D eigenvalue weighted by Gasteiger charge is -2.49. The SMILES string of the molecule is CN(C(=O)CN1CCCC1)c1cc(F)c2c(c1O)C(O)=C1C(=O)[C@]3(O)C(O)=C(C(N)=O)C(=O)[C@@H](NC(=O)CN4CCCC4)[C@@H]3C[C@@H]1C2. The molecule has 0 radical (unpaired) electrons. The van der Waals surface area contributed by atoms with Crippen LogP contribution in [0.5, 0.6) is 5.75 Å². The van der Waals surface area contributed by atoms with E-state index in [2.05, 4.69) is 5.32 Å². The molecule has 0 unspecified atom stereocenters. The third-order valence-electron chi connectivity index (χ3n) is 10.3. The smallest absolute Gasteiger partial charge is 0.255 e. The van der Waals surface area contributed by atoms with Crippen LogP contribution in [0.4, 0.5) is 10.1 Å². The molecule has 252 valence electrons. The topological polar surface area (TPSA) is 214 Å². The largest absolute Gasteiger partial charge is 0.508 e. The lowest BCUT2D eigenvalue weighted by molar-refractivity contribution is -0.152. The Balaban J connectivity index is 1.39. The van der Waals surface area contributed by atoms with Crippen LogP contribution in [0.25, 0.3) is 5.76 Å². The van der Waals surface area contributed by atoms with Gasteiger partial charge in [-0.25, -0.2) is 4.39 Å². The van der Waals surface area contributed by atoms with Crippen LogP contribution >= 0.6 is 0 Å². The van der Waals surface area contributed by atoms with Crippen molar-refractivity contribution < 1.29 is 48.8 Å². The second kappa shape index (κ2) is 12.0. The number of aromatic hydroxyl groups is 1. The zero-order valence-corrected chi connectivity index (χ0v) is 25.9. The van der Waals surface area contributed by atoms with Crippen molar-refractivity contribution in [2.24, 2.45) is 17.6 Å². The fourth-order valence-electron chi connectivity index (χ4n) is 7.84. The predicted octanol–water partition coefficient (Wildman–Crippen LogP) is -0.188. The molecule has 5 aliphatic rings. The summed E-state index contributed by atoms with van der Waals surface area (Å²) in [6, 6.07) is -0.687. The minimum Gasteiger partial charge on any atom is -0.508 e. The summed E-state index contributed by atoms with van der Waals surface area (Å²) in [4.78, 5) is 70.8. The first-order valence-corrected chi connectivity index (χ1v) is 15.8. The highest BCUT2D eigenvalue weighted by atomic mass is 19.1. The summed E-state index contributed by atoms with van der Waals surface area (Å²) in [7, 11) is 1.35. The van der Waals surface area contributed by atoms with Gasteiger partial charge >= 0.3 is 0 Å². The molecule has 3 amide bonds. The zero-order chi connectivity index (χ0) is 33.9. The normalized spacial score (nSPS) is 27.9. The van der Waals surface area contributed by atoms with Crippen molar-refractivity contribution in [1.82, 2.24) is 15.1 Å². The number of fused-ring (bicyclic) bond motifs is 3. The van der Waals surface area contributed by atoms with Crippen molar-refractivity contribution in [3.05, 3.63) is 39.9 Å². The lowest BCUT2D eigenvalue weighted by Crippen LogP contribution is -2.67. The molecule has 1 saturated carbocycles. The van der Waals surface area contributed by atoms with Crippen molar-refractivity contribution in [2.45, 2.75) is 50.2 Å². The number of halogens is 1. The minimum atomic E-state index is -2.98. The number of carbonyl (C=O) groups is 5. The van der Waals surface area contributed by atoms with Crippen molar-refractivity contribution >= 4 is 40.7 Å². The van der Waals surface area contributed by atoms with Gasteiger partial charge in [-0.05, 0) is 70.6 Å². The Morgan fingerprint density at radius 2 is 1.64 bits per heavy atom. The summed E-state index contributed by atoms with van der Waals surface area (Å²) in [6.07, 6.45) is 3.06. The van der Waals surface area contributed by atoms with Crippen LogP contribution in [0.1, 0.15) is 43.2 Å². The number of aliphatic hydroxyl groups excluding tert-OH is 2. The average molecular weight is 656 g/mol. The van der Waals surface area contributed by atoms with E-state index in [1.54, 1.807) is 0 Å². The van der Waals surface area contributed by atoms with Gasteiger partial charge in [-0.1, -0.05) is 0 Å². The molecule has 0 bridgehead atoms. The molecule has 15 heteroatoms. The Hall–Kier alpha value is -4.34. The van der Waals surface area contributed by atoms with Gasteiger partial charge in [0.15, 0.2) is 17.1 Å². The summed E-state index contributed by atoms with van der Waals surface area (Å²) < 4.78 is 15.7. The summed E-state index contributed by atoms with van der Waals surface area (Å²) in [5.41, 5.74) is 0.00807. The number of likely N-dealkylation sites (N-methyl/N-ethyl adjacent to an activating group) is 1. The van der Waals surface area contributed by atoms with Gasteiger partial charge in [0.05, 0.1) is 30.4 Å². The molecule has 7 N–H and O–H groups in total. The molecule has 1 aromatic rings. The number of nitrogens with one attached hydrogen (secondary N) is 1. The molecule has 3 aliphatic carbocycles. The van der Waals surface area contributed by atoms with Crippen LogP contribution in [-0.4, -0.2) is 117 Å². The Morgan fingerprint density at radius 3 is 2.23 bits per heavy atom. The van der Waals surface area contributed by atoms with Gasteiger partial charge in [-0.2, -0.15) is 0 Å². The fourth-order valence-corrected chi connectivity index (χ4v) is 7.84. The summed E-state index contributed by atoms with van der Waals surface area (Å²) >= 11 is 0. The second-order valence-electron chi connectivity index (χ2n) is 13.1. The zero-order valence-electron chi connectivity index (χ0n) is 25.9. The minimum absolute atomic E-state index is 0.0267. The first kappa shape index (κ1) is 32.6. The highest BCUT2D eigenvalue weighted by molar-refractivity contribution is 6.25. The average Bonchev–Trinajstić information content (AvgIpc) is 3.73. The van der Waals surface area contributed by atoms with E-state index in [-0.39, 0.29) is 37.2 Å². The quantitative estimate of drug-likeness (QED) is 0.212. The molecule has 2 saturated heterocycles. The predicted molar refractivity (Wildman–Crippen MR) is 163 cm³/mol. The standard InChI is InChI=1S/C32H38FN5O9/c1-36(21(40)14-38-8-4-5-9-38)19-12-18(33)16-10-15-11-17-25(35-20(39)13-37-6-2-3-7-37)28(43)24(31(34)46)30(45)32(17,47)29(44)22(15)27(42)23(16)26(19)41/h12,15,17,25,41-42,45,47H,2-11,13-14H2,1H3,(H2,34,46)(H,35,39)/t15-,17-,25-,32-/m0/s1. The third kappa shape index (κ3) is 5.26. The maximum absolute atomic E-state index is 15.7. The highest BCUT2D eigenvalue weighted by Crippen LogP contribution is 2.53. The number of hydrogen-bond acceptors (Lipinski definition) is 11. The van der Waals surface area contributed by atoms with Crippen LogP contribution in [0.2, 0.25) is 0 Å². The fraction of sp³-hybridized carbons (Fsp3) is 0.531. The first-order chi connectivity index (χ1) is 22.2. The Bertz CT molecular complexity index is 1650. The van der Waals surface area contributed by atoms with Gasteiger partial charge in [0.25, 0.3) is 5.91 Å². The number of aliphatic hydroxyl groups is 3. The number of ketones is 2. The maximum atomic E-state index is 15.7. The molecule has 2 aliphatic heterocycles. The number of anilines is 1.